The van der Waals surface area contributed by atoms with Crippen LogP contribution in [0.4, 0.5) is 13.2 Å². The quantitative estimate of drug-likeness (QED) is 0.909. The van der Waals surface area contributed by atoms with Crippen LogP contribution in [-0.4, -0.2) is 21.9 Å². The predicted octanol–water partition coefficient (Wildman–Crippen LogP) is 3.86. The minimum absolute atomic E-state index is 0.0352. The zero-order valence-corrected chi connectivity index (χ0v) is 13.7. The summed E-state index contributed by atoms with van der Waals surface area (Å²) in [6.07, 6.45) is 0.564. The summed E-state index contributed by atoms with van der Waals surface area (Å²) in [5, 5.41) is 6.86. The summed E-state index contributed by atoms with van der Waals surface area (Å²) in [5.41, 5.74) is 1.63. The molecular weight excluding hydrogens is 331 g/mol. The van der Waals surface area contributed by atoms with Crippen LogP contribution in [0.1, 0.15) is 31.2 Å². The highest BCUT2D eigenvalue weighted by Crippen LogP contribution is 2.41. The lowest BCUT2D eigenvalue weighted by Gasteiger charge is -2.31. The van der Waals surface area contributed by atoms with Gasteiger partial charge in [-0.15, -0.1) is 0 Å². The smallest absolute Gasteiger partial charge is 0.352 e. The van der Waals surface area contributed by atoms with Crippen molar-refractivity contribution in [3.05, 3.63) is 48.3 Å². The number of nitrogens with one attached hydrogen (secondary N) is 1. The second-order valence-corrected chi connectivity index (χ2v) is 6.39. The Morgan fingerprint density at radius 2 is 1.92 bits per heavy atom. The van der Waals surface area contributed by atoms with Crippen LogP contribution in [0.15, 0.2) is 42.7 Å². The first kappa shape index (κ1) is 17.5. The number of amides is 1. The molecule has 1 N–H and O–H groups in total. The average Bonchev–Trinajstić information content (AvgIpc) is 3.09. The lowest BCUT2D eigenvalue weighted by atomic mass is 9.78. The fraction of sp³-hybridized carbons (Fsp3) is 0.444. The Balaban J connectivity index is 1.61. The number of carbonyl (C=O) groups excluding carboxylic acids is 1. The number of halogens is 3. The standard InChI is InChI=1S/C18H20F3N3O/c19-18(20,21)16-9-5-4-8-15(16)17(25)22-10-13-11-23-24(12-13)14-6-2-1-3-7-14/h1-3,6-7,11-12,15-16H,4-5,8-10H2,(H,22,25). The number of hydrogen-bond donors (Lipinski definition) is 1. The van der Waals surface area contributed by atoms with Crippen molar-refractivity contribution in [2.45, 2.75) is 38.4 Å². The van der Waals surface area contributed by atoms with E-state index in [9.17, 15) is 18.0 Å². The Kier molecular flexibility index (Phi) is 5.11. The molecule has 1 amide bonds. The molecule has 7 heteroatoms. The lowest BCUT2D eigenvalue weighted by molar-refractivity contribution is -0.198. The van der Waals surface area contributed by atoms with Crippen molar-refractivity contribution in [3.8, 4) is 5.69 Å². The van der Waals surface area contributed by atoms with Crippen molar-refractivity contribution in [2.75, 3.05) is 0 Å². The van der Waals surface area contributed by atoms with Crippen LogP contribution >= 0.6 is 0 Å². The molecule has 1 aliphatic carbocycles. The Labute approximate surface area is 144 Å². The molecule has 0 spiro atoms. The SMILES string of the molecule is O=C(NCc1cnn(-c2ccccc2)c1)C1CCCCC1C(F)(F)F. The first-order valence-corrected chi connectivity index (χ1v) is 8.38. The van der Waals surface area contributed by atoms with Gasteiger partial charge in [0.05, 0.1) is 17.8 Å². The zero-order chi connectivity index (χ0) is 17.9. The third-order valence-electron chi connectivity index (χ3n) is 4.65. The normalized spacial score (nSPS) is 21.1. The van der Waals surface area contributed by atoms with Gasteiger partial charge in [0.2, 0.25) is 5.91 Å². The maximum atomic E-state index is 13.1. The number of hydrogen-bond acceptors (Lipinski definition) is 2. The number of alkyl halides is 3. The average molecular weight is 351 g/mol. The molecule has 0 bridgehead atoms. The Morgan fingerprint density at radius 1 is 1.20 bits per heavy atom. The fourth-order valence-electron chi connectivity index (χ4n) is 3.33. The summed E-state index contributed by atoms with van der Waals surface area (Å²) in [7, 11) is 0. The van der Waals surface area contributed by atoms with Gasteiger partial charge in [0.1, 0.15) is 0 Å². The second-order valence-electron chi connectivity index (χ2n) is 6.39. The highest BCUT2D eigenvalue weighted by molar-refractivity contribution is 5.79. The molecule has 2 atom stereocenters. The number of carbonyl (C=O) groups is 1. The highest BCUT2D eigenvalue weighted by Gasteiger charge is 2.47. The van der Waals surface area contributed by atoms with Gasteiger partial charge in [-0.05, 0) is 25.0 Å². The predicted molar refractivity (Wildman–Crippen MR) is 86.9 cm³/mol. The number of para-hydroxylation sites is 1. The maximum absolute atomic E-state index is 13.1. The van der Waals surface area contributed by atoms with Crippen molar-refractivity contribution < 1.29 is 18.0 Å². The van der Waals surface area contributed by atoms with Gasteiger partial charge < -0.3 is 5.32 Å². The minimum Gasteiger partial charge on any atom is -0.352 e. The summed E-state index contributed by atoms with van der Waals surface area (Å²) < 4.78 is 41.0. The molecule has 1 heterocycles. The van der Waals surface area contributed by atoms with Crippen molar-refractivity contribution in [1.82, 2.24) is 15.1 Å². The molecule has 134 valence electrons. The van der Waals surface area contributed by atoms with Crippen molar-refractivity contribution in [2.24, 2.45) is 11.8 Å². The molecule has 0 aliphatic heterocycles. The number of nitrogens with zero attached hydrogens (tertiary/aromatic N) is 2. The number of rotatable bonds is 4. The van der Waals surface area contributed by atoms with E-state index in [1.807, 2.05) is 30.3 Å². The molecule has 1 fully saturated rings. The molecule has 0 radical (unpaired) electrons. The van der Waals surface area contributed by atoms with Crippen molar-refractivity contribution in [1.29, 1.82) is 0 Å². The van der Waals surface area contributed by atoms with E-state index in [0.717, 1.165) is 11.3 Å². The van der Waals surface area contributed by atoms with E-state index in [1.54, 1.807) is 17.1 Å². The van der Waals surface area contributed by atoms with Gasteiger partial charge in [0, 0.05) is 24.2 Å². The summed E-state index contributed by atoms with van der Waals surface area (Å²) in [6, 6.07) is 9.46. The van der Waals surface area contributed by atoms with Gasteiger partial charge in [-0.2, -0.15) is 18.3 Å². The third-order valence-corrected chi connectivity index (χ3v) is 4.65. The maximum Gasteiger partial charge on any atom is 0.392 e. The lowest BCUT2D eigenvalue weighted by Crippen LogP contribution is -2.42. The Morgan fingerprint density at radius 3 is 2.64 bits per heavy atom. The van der Waals surface area contributed by atoms with E-state index in [0.29, 0.717) is 19.3 Å². The summed E-state index contributed by atoms with van der Waals surface area (Å²) in [5.74, 6) is -3.04. The molecule has 3 rings (SSSR count). The van der Waals surface area contributed by atoms with Gasteiger partial charge in [-0.1, -0.05) is 31.0 Å². The first-order valence-electron chi connectivity index (χ1n) is 8.38. The van der Waals surface area contributed by atoms with E-state index in [2.05, 4.69) is 10.4 Å². The van der Waals surface area contributed by atoms with E-state index in [4.69, 9.17) is 0 Å². The number of aromatic nitrogens is 2. The van der Waals surface area contributed by atoms with Gasteiger partial charge in [-0.3, -0.25) is 4.79 Å². The topological polar surface area (TPSA) is 46.9 Å². The minimum atomic E-state index is -4.32. The van der Waals surface area contributed by atoms with Crippen LogP contribution in [0, 0.1) is 11.8 Å². The van der Waals surface area contributed by atoms with Crippen LogP contribution in [0.3, 0.4) is 0 Å². The highest BCUT2D eigenvalue weighted by atomic mass is 19.4. The van der Waals surface area contributed by atoms with E-state index < -0.39 is 23.9 Å². The fourth-order valence-corrected chi connectivity index (χ4v) is 3.33. The second kappa shape index (κ2) is 7.29. The Hall–Kier alpha value is -2.31. The third kappa shape index (κ3) is 4.21. The van der Waals surface area contributed by atoms with Crippen LogP contribution in [0.5, 0.6) is 0 Å². The molecule has 4 nitrogen and oxygen atoms in total. The van der Waals surface area contributed by atoms with Gasteiger partial charge in [0.25, 0.3) is 0 Å². The van der Waals surface area contributed by atoms with Gasteiger partial charge in [-0.25, -0.2) is 4.68 Å². The van der Waals surface area contributed by atoms with Crippen LogP contribution in [-0.2, 0) is 11.3 Å². The molecule has 1 aromatic carbocycles. The van der Waals surface area contributed by atoms with E-state index in [-0.39, 0.29) is 13.0 Å². The summed E-state index contributed by atoms with van der Waals surface area (Å²) >= 11 is 0. The molecule has 2 aromatic rings. The van der Waals surface area contributed by atoms with Gasteiger partial charge >= 0.3 is 6.18 Å². The van der Waals surface area contributed by atoms with Crippen LogP contribution < -0.4 is 5.32 Å². The van der Waals surface area contributed by atoms with E-state index in [1.165, 1.54) is 0 Å². The largest absolute Gasteiger partial charge is 0.392 e. The molecule has 2 unspecified atom stereocenters. The van der Waals surface area contributed by atoms with Crippen molar-refractivity contribution in [3.63, 3.8) is 0 Å². The van der Waals surface area contributed by atoms with Crippen LogP contribution in [0.2, 0.25) is 0 Å². The molecule has 1 aliphatic rings. The molecule has 25 heavy (non-hydrogen) atoms. The van der Waals surface area contributed by atoms with Crippen LogP contribution in [0.25, 0.3) is 5.69 Å². The monoisotopic (exact) mass is 351 g/mol. The van der Waals surface area contributed by atoms with E-state index >= 15 is 0 Å². The zero-order valence-electron chi connectivity index (χ0n) is 13.7. The molecule has 1 aromatic heterocycles. The molecule has 0 saturated heterocycles. The molecular formula is C18H20F3N3O. The number of benzene rings is 1. The van der Waals surface area contributed by atoms with Crippen molar-refractivity contribution >= 4 is 5.91 Å². The summed E-state index contributed by atoms with van der Waals surface area (Å²) in [4.78, 5) is 12.3. The first-order chi connectivity index (χ1) is 11.9. The van der Waals surface area contributed by atoms with Gasteiger partial charge in [0.15, 0.2) is 0 Å². The molecule has 1 saturated carbocycles. The summed E-state index contributed by atoms with van der Waals surface area (Å²) in [6.45, 7) is 0.173. The Bertz CT molecular complexity index is 712.